The normalized spacial score (nSPS) is 21.2. The molecule has 2 atom stereocenters. The summed E-state index contributed by atoms with van der Waals surface area (Å²) in [6.45, 7) is 4.53. The summed E-state index contributed by atoms with van der Waals surface area (Å²) in [5, 5.41) is 0. The van der Waals surface area contributed by atoms with Gasteiger partial charge in [0, 0.05) is 13.1 Å². The smallest absolute Gasteiger partial charge is 0.328 e. The van der Waals surface area contributed by atoms with Gasteiger partial charge in [0.2, 0.25) is 11.3 Å². The van der Waals surface area contributed by atoms with Crippen molar-refractivity contribution < 1.29 is 23.9 Å². The number of amides is 1. The van der Waals surface area contributed by atoms with Crippen LogP contribution in [0.25, 0.3) is 0 Å². The molecule has 4 rings (SSSR count). The summed E-state index contributed by atoms with van der Waals surface area (Å²) in [6, 6.07) is 17.1. The molecular weight excluding hydrogens is 394 g/mol. The van der Waals surface area contributed by atoms with E-state index in [9.17, 15) is 14.4 Å². The first-order valence-corrected chi connectivity index (χ1v) is 10.8. The van der Waals surface area contributed by atoms with Gasteiger partial charge in [-0.25, -0.2) is 0 Å². The van der Waals surface area contributed by atoms with Gasteiger partial charge >= 0.3 is 11.9 Å². The highest BCUT2D eigenvalue weighted by atomic mass is 16.6. The largest absolute Gasteiger partial charge is 0.465 e. The Bertz CT molecular complexity index is 968. The van der Waals surface area contributed by atoms with Crippen molar-refractivity contribution in [2.75, 3.05) is 19.8 Å². The first-order chi connectivity index (χ1) is 15.0. The Morgan fingerprint density at radius 3 is 2.23 bits per heavy atom. The molecular formula is C25H27NO5. The summed E-state index contributed by atoms with van der Waals surface area (Å²) in [7, 11) is 0. The minimum Gasteiger partial charge on any atom is -0.465 e. The minimum absolute atomic E-state index is 0.113. The molecule has 1 heterocycles. The van der Waals surface area contributed by atoms with Gasteiger partial charge < -0.3 is 14.4 Å². The zero-order valence-corrected chi connectivity index (χ0v) is 17.9. The van der Waals surface area contributed by atoms with E-state index < -0.39 is 23.3 Å². The van der Waals surface area contributed by atoms with E-state index in [1.165, 1.54) is 0 Å². The number of hydrogen-bond donors (Lipinski definition) is 0. The molecule has 0 saturated carbocycles. The second-order valence-corrected chi connectivity index (χ2v) is 8.05. The Hall–Kier alpha value is -3.15. The first-order valence-electron chi connectivity index (χ1n) is 10.8. The molecule has 6 heteroatoms. The molecule has 0 N–H and O–H groups in total. The van der Waals surface area contributed by atoms with Crippen LogP contribution in [0.15, 0.2) is 54.6 Å². The van der Waals surface area contributed by atoms with E-state index in [2.05, 4.69) is 0 Å². The molecule has 1 aliphatic carbocycles. The van der Waals surface area contributed by atoms with Crippen molar-refractivity contribution in [2.24, 2.45) is 11.8 Å². The molecule has 0 aromatic heterocycles. The SMILES string of the molecule is CCOC(=O)C1(C(=O)OCC)c2ccccc2C[C@@H]2CN(Cc3ccccc3)C(=O)[C@@H]21. The van der Waals surface area contributed by atoms with Crippen LogP contribution in [0.3, 0.4) is 0 Å². The van der Waals surface area contributed by atoms with Crippen molar-refractivity contribution in [3.8, 4) is 0 Å². The number of carbonyl (C=O) groups excluding carboxylic acids is 3. The molecule has 2 aromatic rings. The number of benzene rings is 2. The van der Waals surface area contributed by atoms with Crippen LogP contribution in [0.2, 0.25) is 0 Å². The predicted octanol–water partition coefficient (Wildman–Crippen LogP) is 2.88. The summed E-state index contributed by atoms with van der Waals surface area (Å²) in [4.78, 5) is 42.4. The third-order valence-electron chi connectivity index (χ3n) is 6.31. The van der Waals surface area contributed by atoms with Crippen molar-refractivity contribution in [3.63, 3.8) is 0 Å². The van der Waals surface area contributed by atoms with Crippen LogP contribution < -0.4 is 0 Å². The average Bonchev–Trinajstić information content (AvgIpc) is 3.08. The van der Waals surface area contributed by atoms with E-state index >= 15 is 0 Å². The molecule has 2 aromatic carbocycles. The maximum atomic E-state index is 13.7. The third-order valence-corrected chi connectivity index (χ3v) is 6.31. The fourth-order valence-electron chi connectivity index (χ4n) is 5.12. The van der Waals surface area contributed by atoms with Crippen molar-refractivity contribution in [1.82, 2.24) is 4.90 Å². The molecule has 1 aliphatic heterocycles. The maximum absolute atomic E-state index is 13.7. The molecule has 31 heavy (non-hydrogen) atoms. The average molecular weight is 421 g/mol. The Kier molecular flexibility index (Phi) is 5.81. The Morgan fingerprint density at radius 1 is 0.968 bits per heavy atom. The van der Waals surface area contributed by atoms with Gasteiger partial charge in [0.1, 0.15) is 0 Å². The monoisotopic (exact) mass is 421 g/mol. The zero-order valence-electron chi connectivity index (χ0n) is 17.9. The zero-order chi connectivity index (χ0) is 22.0. The van der Waals surface area contributed by atoms with Gasteiger partial charge in [-0.2, -0.15) is 0 Å². The Morgan fingerprint density at radius 2 is 1.58 bits per heavy atom. The molecule has 6 nitrogen and oxygen atoms in total. The number of likely N-dealkylation sites (tertiary alicyclic amines) is 1. The summed E-state index contributed by atoms with van der Waals surface area (Å²) in [5.74, 6) is -2.63. The highest BCUT2D eigenvalue weighted by Crippen LogP contribution is 2.50. The molecule has 1 saturated heterocycles. The van der Waals surface area contributed by atoms with Gasteiger partial charge in [0.05, 0.1) is 19.1 Å². The van der Waals surface area contributed by atoms with Crippen molar-refractivity contribution in [3.05, 3.63) is 71.3 Å². The van der Waals surface area contributed by atoms with Gasteiger partial charge in [0.25, 0.3) is 0 Å². The number of hydrogen-bond acceptors (Lipinski definition) is 5. The Balaban J connectivity index is 1.83. The maximum Gasteiger partial charge on any atom is 0.328 e. The first kappa shape index (κ1) is 21.1. The number of fused-ring (bicyclic) bond motifs is 2. The fraction of sp³-hybridized carbons (Fsp3) is 0.400. The standard InChI is InChI=1S/C25H27NO5/c1-3-30-23(28)25(24(29)31-4-2)20-13-9-8-12-18(20)14-19-16-26(22(27)21(19)25)15-17-10-6-5-7-11-17/h5-13,19,21H,3-4,14-16H2,1-2H3/t19-,21-/m1/s1. The number of ether oxygens (including phenoxy) is 2. The summed E-state index contributed by atoms with van der Waals surface area (Å²) in [6.07, 6.45) is 0.623. The van der Waals surface area contributed by atoms with Gasteiger partial charge in [-0.1, -0.05) is 54.6 Å². The fourth-order valence-corrected chi connectivity index (χ4v) is 5.12. The van der Waals surface area contributed by atoms with Crippen LogP contribution in [0.4, 0.5) is 0 Å². The van der Waals surface area contributed by atoms with Crippen LogP contribution in [0, 0.1) is 11.8 Å². The van der Waals surface area contributed by atoms with Crippen LogP contribution in [0.1, 0.15) is 30.5 Å². The van der Waals surface area contributed by atoms with Crippen LogP contribution >= 0.6 is 0 Å². The summed E-state index contributed by atoms with van der Waals surface area (Å²) >= 11 is 0. The highest BCUT2D eigenvalue weighted by Gasteiger charge is 2.66. The van der Waals surface area contributed by atoms with E-state index in [0.717, 1.165) is 11.1 Å². The summed E-state index contributed by atoms with van der Waals surface area (Å²) < 4.78 is 10.8. The third kappa shape index (κ3) is 3.40. The second-order valence-electron chi connectivity index (χ2n) is 8.05. The number of rotatable bonds is 6. The van der Waals surface area contributed by atoms with Crippen LogP contribution in [-0.2, 0) is 42.2 Å². The number of esters is 2. The van der Waals surface area contributed by atoms with Crippen LogP contribution in [-0.4, -0.2) is 42.5 Å². The lowest BCUT2D eigenvalue weighted by atomic mass is 9.59. The predicted molar refractivity (Wildman–Crippen MR) is 114 cm³/mol. The lowest BCUT2D eigenvalue weighted by Gasteiger charge is -2.41. The minimum atomic E-state index is -1.78. The van der Waals surface area contributed by atoms with E-state index in [0.29, 0.717) is 25.1 Å². The molecule has 0 unspecified atom stereocenters. The molecule has 2 aliphatic rings. The lowest BCUT2D eigenvalue weighted by Crippen LogP contribution is -2.58. The quantitative estimate of drug-likeness (QED) is 0.530. The van der Waals surface area contributed by atoms with E-state index in [4.69, 9.17) is 9.47 Å². The molecule has 1 fully saturated rings. The van der Waals surface area contributed by atoms with E-state index in [1.54, 1.807) is 30.9 Å². The lowest BCUT2D eigenvalue weighted by molar-refractivity contribution is -0.172. The molecule has 1 amide bonds. The van der Waals surface area contributed by atoms with Gasteiger partial charge in [0.15, 0.2) is 0 Å². The van der Waals surface area contributed by atoms with Crippen molar-refractivity contribution >= 4 is 17.8 Å². The second kappa shape index (κ2) is 8.53. The topological polar surface area (TPSA) is 72.9 Å². The molecule has 0 bridgehead atoms. The molecule has 0 spiro atoms. The van der Waals surface area contributed by atoms with Gasteiger partial charge in [-0.3, -0.25) is 14.4 Å². The van der Waals surface area contributed by atoms with Crippen molar-refractivity contribution in [1.29, 1.82) is 0 Å². The molecule has 162 valence electrons. The van der Waals surface area contributed by atoms with E-state index in [-0.39, 0.29) is 25.0 Å². The highest BCUT2D eigenvalue weighted by molar-refractivity contribution is 6.11. The number of carbonyl (C=O) groups is 3. The number of nitrogens with zero attached hydrogens (tertiary/aromatic N) is 1. The van der Waals surface area contributed by atoms with E-state index in [1.807, 2.05) is 42.5 Å². The Labute approximate surface area is 182 Å². The van der Waals surface area contributed by atoms with Crippen LogP contribution in [0.5, 0.6) is 0 Å². The van der Waals surface area contributed by atoms with Crippen molar-refractivity contribution in [2.45, 2.75) is 32.2 Å². The van der Waals surface area contributed by atoms with Gasteiger partial charge in [-0.15, -0.1) is 0 Å². The summed E-state index contributed by atoms with van der Waals surface area (Å²) in [5.41, 5.74) is 0.640. The molecule has 0 radical (unpaired) electrons. The van der Waals surface area contributed by atoms with Gasteiger partial charge in [-0.05, 0) is 42.9 Å².